The van der Waals surface area contributed by atoms with Crippen LogP contribution in [0.4, 0.5) is 11.4 Å². The Morgan fingerprint density at radius 1 is 1.53 bits per heavy atom. The lowest BCUT2D eigenvalue weighted by atomic mass is 10.1. The fraction of sp³-hybridized carbons (Fsp3) is 0.385. The second-order valence-electron chi connectivity index (χ2n) is 4.58. The zero-order chi connectivity index (χ0) is 14.0. The number of alkyl halides is 1. The number of nitrogens with one attached hydrogen (secondary N) is 1. The van der Waals surface area contributed by atoms with E-state index in [1.165, 1.54) is 6.92 Å². The number of anilines is 2. The van der Waals surface area contributed by atoms with Crippen molar-refractivity contribution >= 4 is 46.4 Å². The van der Waals surface area contributed by atoms with E-state index < -0.39 is 0 Å². The van der Waals surface area contributed by atoms with Gasteiger partial charge in [-0.3, -0.25) is 9.59 Å². The Hall–Kier alpha value is -1.26. The molecule has 1 aromatic carbocycles. The Morgan fingerprint density at radius 3 is 2.84 bits per heavy atom. The van der Waals surface area contributed by atoms with Crippen LogP contribution in [-0.4, -0.2) is 24.2 Å². The van der Waals surface area contributed by atoms with E-state index in [4.69, 9.17) is 23.2 Å². The Bertz CT molecular complexity index is 519. The van der Waals surface area contributed by atoms with Crippen molar-refractivity contribution in [3.05, 3.63) is 23.2 Å². The molecule has 0 saturated carbocycles. The fourth-order valence-corrected chi connectivity index (χ4v) is 2.54. The van der Waals surface area contributed by atoms with Crippen LogP contribution in [0.5, 0.6) is 0 Å². The Balaban J connectivity index is 2.28. The van der Waals surface area contributed by atoms with E-state index >= 15 is 0 Å². The van der Waals surface area contributed by atoms with Crippen LogP contribution in [-0.2, 0) is 9.59 Å². The summed E-state index contributed by atoms with van der Waals surface area (Å²) in [5.41, 5.74) is 1.24. The van der Waals surface area contributed by atoms with Gasteiger partial charge in [0.2, 0.25) is 11.8 Å². The van der Waals surface area contributed by atoms with Crippen LogP contribution >= 0.6 is 23.2 Å². The predicted molar refractivity (Wildman–Crippen MR) is 76.9 cm³/mol. The number of amides is 2. The standard InChI is InChI=1S/C13H14Cl2N2O2/c1-8(18)16-10-2-3-11(15)12(5-10)17-7-9(6-14)4-13(17)19/h2-3,5,9H,4,6-7H2,1H3,(H,16,18). The molecule has 1 aliphatic rings. The van der Waals surface area contributed by atoms with Crippen LogP contribution in [0.2, 0.25) is 5.02 Å². The molecule has 1 aromatic rings. The van der Waals surface area contributed by atoms with Crippen molar-refractivity contribution < 1.29 is 9.59 Å². The van der Waals surface area contributed by atoms with Crippen molar-refractivity contribution in [1.29, 1.82) is 0 Å². The summed E-state index contributed by atoms with van der Waals surface area (Å²) in [4.78, 5) is 24.6. The molecule has 19 heavy (non-hydrogen) atoms. The monoisotopic (exact) mass is 300 g/mol. The highest BCUT2D eigenvalue weighted by Gasteiger charge is 2.31. The van der Waals surface area contributed by atoms with Crippen LogP contribution in [0.25, 0.3) is 0 Å². The van der Waals surface area contributed by atoms with Crippen molar-refractivity contribution in [2.24, 2.45) is 5.92 Å². The fourth-order valence-electron chi connectivity index (χ4n) is 2.12. The SMILES string of the molecule is CC(=O)Nc1ccc(Cl)c(N2CC(CCl)CC2=O)c1. The van der Waals surface area contributed by atoms with Gasteiger partial charge in [-0.05, 0) is 24.1 Å². The minimum absolute atomic E-state index is 0.00697. The molecule has 0 spiro atoms. The highest BCUT2D eigenvalue weighted by atomic mass is 35.5. The van der Waals surface area contributed by atoms with E-state index in [-0.39, 0.29) is 17.7 Å². The van der Waals surface area contributed by atoms with Crippen LogP contribution in [0, 0.1) is 5.92 Å². The molecular formula is C13H14Cl2N2O2. The van der Waals surface area contributed by atoms with Gasteiger partial charge in [-0.15, -0.1) is 11.6 Å². The van der Waals surface area contributed by atoms with Gasteiger partial charge in [-0.2, -0.15) is 0 Å². The normalized spacial score (nSPS) is 18.8. The summed E-state index contributed by atoms with van der Waals surface area (Å²) in [6, 6.07) is 5.08. The Labute approximate surface area is 121 Å². The summed E-state index contributed by atoms with van der Waals surface area (Å²) in [5, 5.41) is 3.16. The van der Waals surface area contributed by atoms with Gasteiger partial charge in [0.1, 0.15) is 0 Å². The summed E-state index contributed by atoms with van der Waals surface area (Å²) < 4.78 is 0. The highest BCUT2D eigenvalue weighted by Crippen LogP contribution is 2.33. The average Bonchev–Trinajstić information content (AvgIpc) is 2.72. The maximum atomic E-state index is 12.0. The van der Waals surface area contributed by atoms with Gasteiger partial charge < -0.3 is 10.2 Å². The van der Waals surface area contributed by atoms with Crippen LogP contribution in [0.15, 0.2) is 18.2 Å². The number of benzene rings is 1. The third-order valence-electron chi connectivity index (χ3n) is 2.98. The second kappa shape index (κ2) is 5.80. The maximum Gasteiger partial charge on any atom is 0.227 e. The summed E-state index contributed by atoms with van der Waals surface area (Å²) in [6.07, 6.45) is 0.435. The molecule has 1 saturated heterocycles. The van der Waals surface area contributed by atoms with E-state index in [1.807, 2.05) is 0 Å². The number of carbonyl (C=O) groups is 2. The lowest BCUT2D eigenvalue weighted by Gasteiger charge is -2.19. The van der Waals surface area contributed by atoms with Gasteiger partial charge in [0, 0.05) is 31.5 Å². The predicted octanol–water partition coefficient (Wildman–Crippen LogP) is 2.89. The van der Waals surface area contributed by atoms with Gasteiger partial charge >= 0.3 is 0 Å². The molecule has 1 N–H and O–H groups in total. The molecular weight excluding hydrogens is 287 g/mol. The van der Waals surface area contributed by atoms with E-state index in [0.717, 1.165) is 0 Å². The number of nitrogens with zero attached hydrogens (tertiary/aromatic N) is 1. The van der Waals surface area contributed by atoms with E-state index in [1.54, 1.807) is 23.1 Å². The third-order valence-corrected chi connectivity index (χ3v) is 3.74. The molecule has 2 rings (SSSR count). The largest absolute Gasteiger partial charge is 0.326 e. The maximum absolute atomic E-state index is 12.0. The Kier molecular flexibility index (Phi) is 4.32. The van der Waals surface area contributed by atoms with Gasteiger partial charge in [-0.25, -0.2) is 0 Å². The third kappa shape index (κ3) is 3.19. The molecule has 1 fully saturated rings. The number of carbonyl (C=O) groups excluding carboxylic acids is 2. The zero-order valence-electron chi connectivity index (χ0n) is 10.5. The van der Waals surface area contributed by atoms with Crippen LogP contribution < -0.4 is 10.2 Å². The molecule has 1 atom stereocenters. The van der Waals surface area contributed by atoms with Crippen LogP contribution in [0.3, 0.4) is 0 Å². The van der Waals surface area contributed by atoms with Gasteiger partial charge in [0.15, 0.2) is 0 Å². The van der Waals surface area contributed by atoms with Crippen molar-refractivity contribution in [1.82, 2.24) is 0 Å². The topological polar surface area (TPSA) is 49.4 Å². The summed E-state index contributed by atoms with van der Waals surface area (Å²) in [6.45, 7) is 1.99. The zero-order valence-corrected chi connectivity index (χ0v) is 12.0. The number of hydrogen-bond donors (Lipinski definition) is 1. The first-order chi connectivity index (χ1) is 9.01. The molecule has 4 nitrogen and oxygen atoms in total. The van der Waals surface area contributed by atoms with Crippen LogP contribution in [0.1, 0.15) is 13.3 Å². The second-order valence-corrected chi connectivity index (χ2v) is 5.29. The van der Waals surface area contributed by atoms with Gasteiger partial charge in [-0.1, -0.05) is 11.6 Å². The molecule has 102 valence electrons. The minimum Gasteiger partial charge on any atom is -0.326 e. The molecule has 0 aliphatic carbocycles. The highest BCUT2D eigenvalue weighted by molar-refractivity contribution is 6.34. The molecule has 0 bridgehead atoms. The first-order valence-electron chi connectivity index (χ1n) is 5.94. The average molecular weight is 301 g/mol. The minimum atomic E-state index is -0.167. The molecule has 6 heteroatoms. The molecule has 1 heterocycles. The van der Waals surface area contributed by atoms with Crippen molar-refractivity contribution in [2.75, 3.05) is 22.6 Å². The van der Waals surface area contributed by atoms with Crippen molar-refractivity contribution in [3.8, 4) is 0 Å². The molecule has 0 aromatic heterocycles. The number of rotatable bonds is 3. The number of hydrogen-bond acceptors (Lipinski definition) is 2. The quantitative estimate of drug-likeness (QED) is 0.873. The number of halogens is 2. The molecule has 1 unspecified atom stereocenters. The van der Waals surface area contributed by atoms with Crippen molar-refractivity contribution in [3.63, 3.8) is 0 Å². The molecule has 0 radical (unpaired) electrons. The Morgan fingerprint density at radius 2 is 2.26 bits per heavy atom. The lowest BCUT2D eigenvalue weighted by molar-refractivity contribution is -0.117. The lowest BCUT2D eigenvalue weighted by Crippen LogP contribution is -2.25. The molecule has 2 amide bonds. The molecule has 1 aliphatic heterocycles. The van der Waals surface area contributed by atoms with Gasteiger partial charge in [0.05, 0.1) is 10.7 Å². The summed E-state index contributed by atoms with van der Waals surface area (Å²) in [5.74, 6) is 0.437. The smallest absolute Gasteiger partial charge is 0.227 e. The first-order valence-corrected chi connectivity index (χ1v) is 6.86. The van der Waals surface area contributed by atoms with E-state index in [2.05, 4.69) is 5.32 Å². The first kappa shape index (κ1) is 14.2. The van der Waals surface area contributed by atoms with E-state index in [9.17, 15) is 9.59 Å². The summed E-state index contributed by atoms with van der Waals surface area (Å²) in [7, 11) is 0. The van der Waals surface area contributed by atoms with Crippen molar-refractivity contribution in [2.45, 2.75) is 13.3 Å². The van der Waals surface area contributed by atoms with E-state index in [0.29, 0.717) is 35.2 Å². The summed E-state index contributed by atoms with van der Waals surface area (Å²) >= 11 is 11.9. The van der Waals surface area contributed by atoms with Gasteiger partial charge in [0.25, 0.3) is 0 Å².